The van der Waals surface area contributed by atoms with Crippen molar-refractivity contribution >= 4 is 40.5 Å². The maximum atomic E-state index is 13.2. The maximum Gasteiger partial charge on any atom is 0.266 e. The first kappa shape index (κ1) is 22.3. The van der Waals surface area contributed by atoms with Crippen LogP contribution in [0.3, 0.4) is 0 Å². The van der Waals surface area contributed by atoms with Gasteiger partial charge in [-0.05, 0) is 42.0 Å². The van der Waals surface area contributed by atoms with Gasteiger partial charge < -0.3 is 4.90 Å². The summed E-state index contributed by atoms with van der Waals surface area (Å²) in [5, 5.41) is 5.01. The first-order valence-electron chi connectivity index (χ1n) is 10.3. The zero-order valence-electron chi connectivity index (χ0n) is 18.3. The summed E-state index contributed by atoms with van der Waals surface area (Å²) < 4.78 is 1.54. The number of thioether (sulfide) groups is 1. The molecule has 3 aromatic carbocycles. The smallest absolute Gasteiger partial charge is 0.266 e. The summed E-state index contributed by atoms with van der Waals surface area (Å²) >= 11 is 1.19. The van der Waals surface area contributed by atoms with E-state index in [-0.39, 0.29) is 17.2 Å². The lowest BCUT2D eigenvalue weighted by atomic mass is 10.2. The first-order chi connectivity index (χ1) is 16.0. The molecule has 0 saturated carbocycles. The van der Waals surface area contributed by atoms with E-state index in [0.29, 0.717) is 21.7 Å². The number of hydrogen-bond acceptors (Lipinski definition) is 6. The monoisotopic (exact) mass is 457 g/mol. The molecule has 33 heavy (non-hydrogen) atoms. The third kappa shape index (κ3) is 5.30. The van der Waals surface area contributed by atoms with Crippen LogP contribution in [0.1, 0.15) is 5.56 Å². The lowest BCUT2D eigenvalue weighted by molar-refractivity contribution is -0.118. The number of amides is 1. The molecule has 1 amide bonds. The number of carbonyl (C=O) groups excluding carboxylic acids is 1. The Morgan fingerprint density at radius 1 is 1.03 bits per heavy atom. The molecule has 0 saturated heterocycles. The number of para-hydroxylation sites is 2. The molecule has 8 heteroatoms. The van der Waals surface area contributed by atoms with Crippen LogP contribution >= 0.6 is 11.8 Å². The highest BCUT2D eigenvalue weighted by Crippen LogP contribution is 2.21. The third-order valence-electron chi connectivity index (χ3n) is 4.90. The van der Waals surface area contributed by atoms with Gasteiger partial charge in [0, 0.05) is 19.8 Å². The number of benzene rings is 3. The fraction of sp³-hybridized carbons (Fsp3) is 0.120. The number of rotatable bonds is 7. The van der Waals surface area contributed by atoms with Crippen LogP contribution in [0.25, 0.3) is 16.6 Å². The summed E-state index contributed by atoms with van der Waals surface area (Å²) in [7, 11) is 3.95. The van der Waals surface area contributed by atoms with Crippen molar-refractivity contribution in [3.8, 4) is 5.69 Å². The number of anilines is 1. The van der Waals surface area contributed by atoms with Gasteiger partial charge in [0.1, 0.15) is 0 Å². The van der Waals surface area contributed by atoms with Crippen LogP contribution < -0.4 is 15.9 Å². The second kappa shape index (κ2) is 10.1. The van der Waals surface area contributed by atoms with Gasteiger partial charge in [-0.3, -0.25) is 14.2 Å². The van der Waals surface area contributed by atoms with E-state index in [9.17, 15) is 9.59 Å². The van der Waals surface area contributed by atoms with Gasteiger partial charge in [0.25, 0.3) is 11.5 Å². The van der Waals surface area contributed by atoms with Crippen molar-refractivity contribution in [1.82, 2.24) is 15.0 Å². The van der Waals surface area contributed by atoms with Gasteiger partial charge in [0.2, 0.25) is 0 Å². The predicted octanol–water partition coefficient (Wildman–Crippen LogP) is 3.69. The van der Waals surface area contributed by atoms with Crippen LogP contribution in [0.5, 0.6) is 0 Å². The minimum Gasteiger partial charge on any atom is -0.378 e. The van der Waals surface area contributed by atoms with Crippen molar-refractivity contribution in [1.29, 1.82) is 0 Å². The molecule has 0 radical (unpaired) electrons. The Morgan fingerprint density at radius 2 is 1.73 bits per heavy atom. The van der Waals surface area contributed by atoms with Crippen molar-refractivity contribution in [3.05, 3.63) is 94.8 Å². The van der Waals surface area contributed by atoms with Crippen LogP contribution in [0.15, 0.2) is 93.9 Å². The molecular formula is C25H23N5O2S. The van der Waals surface area contributed by atoms with E-state index in [1.54, 1.807) is 18.3 Å². The second-order valence-corrected chi connectivity index (χ2v) is 8.40. The van der Waals surface area contributed by atoms with Gasteiger partial charge >= 0.3 is 0 Å². The van der Waals surface area contributed by atoms with Crippen LogP contribution in [0.4, 0.5) is 5.69 Å². The molecule has 0 aliphatic rings. The summed E-state index contributed by atoms with van der Waals surface area (Å²) in [6.45, 7) is 0. The van der Waals surface area contributed by atoms with E-state index in [2.05, 4.69) is 15.5 Å². The number of hydrazone groups is 1. The topological polar surface area (TPSA) is 79.6 Å². The fourth-order valence-electron chi connectivity index (χ4n) is 3.21. The Labute approximate surface area is 195 Å². The van der Waals surface area contributed by atoms with Gasteiger partial charge in [-0.2, -0.15) is 5.10 Å². The fourth-order valence-corrected chi connectivity index (χ4v) is 4.02. The molecular weight excluding hydrogens is 434 g/mol. The van der Waals surface area contributed by atoms with Crippen LogP contribution in [0, 0.1) is 0 Å². The Morgan fingerprint density at radius 3 is 2.45 bits per heavy atom. The van der Waals surface area contributed by atoms with E-state index in [4.69, 9.17) is 0 Å². The molecule has 1 aromatic heterocycles. The van der Waals surface area contributed by atoms with E-state index >= 15 is 0 Å². The van der Waals surface area contributed by atoms with E-state index < -0.39 is 0 Å². The van der Waals surface area contributed by atoms with Gasteiger partial charge in [-0.1, -0.05) is 54.2 Å². The number of carbonyl (C=O) groups is 1. The molecule has 4 aromatic rings. The van der Waals surface area contributed by atoms with E-state index in [0.717, 1.165) is 11.3 Å². The van der Waals surface area contributed by atoms with E-state index in [1.165, 1.54) is 16.3 Å². The van der Waals surface area contributed by atoms with E-state index in [1.807, 2.05) is 85.7 Å². The van der Waals surface area contributed by atoms with Crippen molar-refractivity contribution < 1.29 is 4.79 Å². The molecule has 0 spiro atoms. The largest absolute Gasteiger partial charge is 0.378 e. The first-order valence-corrected chi connectivity index (χ1v) is 11.3. The lowest BCUT2D eigenvalue weighted by Gasteiger charge is -2.12. The van der Waals surface area contributed by atoms with Crippen LogP contribution in [-0.2, 0) is 4.79 Å². The summed E-state index contributed by atoms with van der Waals surface area (Å²) in [5.74, 6) is -0.225. The van der Waals surface area contributed by atoms with Gasteiger partial charge in [0.05, 0.1) is 28.6 Å². The number of fused-ring (bicyclic) bond motifs is 1. The number of hydrogen-bond donors (Lipinski definition) is 1. The molecule has 0 aliphatic heterocycles. The maximum absolute atomic E-state index is 13.2. The predicted molar refractivity (Wildman–Crippen MR) is 135 cm³/mol. The zero-order valence-corrected chi connectivity index (χ0v) is 19.1. The van der Waals surface area contributed by atoms with Crippen LogP contribution in [0.2, 0.25) is 0 Å². The molecule has 166 valence electrons. The van der Waals surface area contributed by atoms with Crippen molar-refractivity contribution in [3.63, 3.8) is 0 Å². The minimum atomic E-state index is -0.289. The highest BCUT2D eigenvalue weighted by molar-refractivity contribution is 7.99. The van der Waals surface area contributed by atoms with Gasteiger partial charge in [-0.15, -0.1) is 0 Å². The summed E-state index contributed by atoms with van der Waals surface area (Å²) in [5.41, 5.74) is 5.61. The Bertz CT molecular complexity index is 1350. The lowest BCUT2D eigenvalue weighted by Crippen LogP contribution is -2.24. The van der Waals surface area contributed by atoms with Crippen molar-refractivity contribution in [2.75, 3.05) is 24.7 Å². The quantitative estimate of drug-likeness (QED) is 0.198. The molecule has 0 fully saturated rings. The number of nitrogens with zero attached hydrogens (tertiary/aromatic N) is 4. The highest BCUT2D eigenvalue weighted by atomic mass is 32.2. The van der Waals surface area contributed by atoms with Crippen LogP contribution in [-0.4, -0.2) is 41.5 Å². The Kier molecular flexibility index (Phi) is 6.85. The summed E-state index contributed by atoms with van der Waals surface area (Å²) in [6.07, 6.45) is 1.59. The summed E-state index contributed by atoms with van der Waals surface area (Å²) in [4.78, 5) is 32.2. The molecule has 0 atom stereocenters. The molecule has 1 N–H and O–H groups in total. The molecule has 4 rings (SSSR count). The Hall–Kier alpha value is -3.91. The normalized spacial score (nSPS) is 11.1. The minimum absolute atomic E-state index is 0.0640. The Balaban J connectivity index is 1.49. The van der Waals surface area contributed by atoms with Crippen molar-refractivity contribution in [2.24, 2.45) is 5.10 Å². The average molecular weight is 458 g/mol. The molecule has 0 unspecified atom stereocenters. The molecule has 0 aliphatic carbocycles. The van der Waals surface area contributed by atoms with Crippen molar-refractivity contribution in [2.45, 2.75) is 5.16 Å². The third-order valence-corrected chi connectivity index (χ3v) is 5.84. The SMILES string of the molecule is CN(C)c1ccc(/C=N/NC(=O)CSc2nc3ccccc3c(=O)n2-c2ccccc2)cc1. The zero-order chi connectivity index (χ0) is 23.2. The second-order valence-electron chi connectivity index (χ2n) is 7.46. The summed E-state index contributed by atoms with van der Waals surface area (Å²) in [6, 6.07) is 24.3. The number of aromatic nitrogens is 2. The molecule has 0 bridgehead atoms. The highest BCUT2D eigenvalue weighted by Gasteiger charge is 2.14. The van der Waals surface area contributed by atoms with Gasteiger partial charge in [-0.25, -0.2) is 10.4 Å². The standard InChI is InChI=1S/C25H23N5O2S/c1-29(2)19-14-12-18(13-15-19)16-26-28-23(31)17-33-25-27-22-11-7-6-10-21(22)24(32)30(25)20-8-4-3-5-9-20/h3-16H,17H2,1-2H3,(H,28,31)/b26-16+. The van der Waals surface area contributed by atoms with Gasteiger partial charge in [0.15, 0.2) is 5.16 Å². The molecule has 1 heterocycles. The molecule has 7 nitrogen and oxygen atoms in total. The number of nitrogens with one attached hydrogen (secondary N) is 1. The average Bonchev–Trinajstić information content (AvgIpc) is 2.84.